The quantitative estimate of drug-likeness (QED) is 0.816. The van der Waals surface area contributed by atoms with Crippen molar-refractivity contribution in [3.8, 4) is 5.75 Å². The number of nitrogens with two attached hydrogens (primary N) is 1. The topological polar surface area (TPSA) is 58.8 Å². The summed E-state index contributed by atoms with van der Waals surface area (Å²) in [5, 5.41) is 0. The Morgan fingerprint density at radius 1 is 1.15 bits per heavy atom. The van der Waals surface area contributed by atoms with E-state index in [4.69, 9.17) is 10.5 Å². The van der Waals surface area contributed by atoms with E-state index in [1.54, 1.807) is 12.0 Å². The molecule has 2 aromatic carbocycles. The molecule has 2 N–H and O–H groups in total. The number of likely N-dealkylation sites (tertiary alicyclic amines) is 1. The van der Waals surface area contributed by atoms with Gasteiger partial charge in [0.1, 0.15) is 5.75 Å². The molecule has 0 aliphatic carbocycles. The van der Waals surface area contributed by atoms with Crippen LogP contribution in [0.3, 0.4) is 0 Å². The van der Waals surface area contributed by atoms with Gasteiger partial charge in [-0.25, -0.2) is 0 Å². The number of nitrogens with zero attached hydrogens (tertiary/aromatic N) is 2. The third-order valence-electron chi connectivity index (χ3n) is 5.41. The first-order valence-electron chi connectivity index (χ1n) is 9.45. The molecule has 1 saturated heterocycles. The second-order valence-electron chi connectivity index (χ2n) is 7.30. The normalized spacial score (nSPS) is 19.8. The molecule has 1 amide bonds. The van der Waals surface area contributed by atoms with Crippen LogP contribution in [-0.2, 0) is 11.3 Å². The Morgan fingerprint density at radius 3 is 2.48 bits per heavy atom. The Bertz CT molecular complexity index is 733. The number of amides is 1. The van der Waals surface area contributed by atoms with Crippen LogP contribution in [-0.4, -0.2) is 56.0 Å². The van der Waals surface area contributed by atoms with Crippen molar-refractivity contribution in [1.82, 2.24) is 9.80 Å². The molecule has 27 heavy (non-hydrogen) atoms. The molecule has 3 rings (SSSR count). The van der Waals surface area contributed by atoms with Crippen LogP contribution >= 0.6 is 0 Å². The van der Waals surface area contributed by atoms with Gasteiger partial charge in [0, 0.05) is 32.6 Å². The van der Waals surface area contributed by atoms with Gasteiger partial charge in [0.2, 0.25) is 5.91 Å². The fourth-order valence-corrected chi connectivity index (χ4v) is 3.81. The highest BCUT2D eigenvalue weighted by Crippen LogP contribution is 2.31. The van der Waals surface area contributed by atoms with Gasteiger partial charge >= 0.3 is 0 Å². The Balaban J connectivity index is 1.56. The predicted octanol–water partition coefficient (Wildman–Crippen LogP) is 2.33. The minimum absolute atomic E-state index is 0.135. The highest BCUT2D eigenvalue weighted by atomic mass is 16.5. The van der Waals surface area contributed by atoms with Crippen molar-refractivity contribution >= 4 is 5.91 Å². The van der Waals surface area contributed by atoms with Gasteiger partial charge < -0.3 is 15.4 Å². The Kier molecular flexibility index (Phi) is 6.48. The molecule has 5 nitrogen and oxygen atoms in total. The predicted molar refractivity (Wildman–Crippen MR) is 108 cm³/mol. The maximum absolute atomic E-state index is 12.7. The monoisotopic (exact) mass is 367 g/mol. The zero-order valence-electron chi connectivity index (χ0n) is 16.2. The third kappa shape index (κ3) is 4.87. The van der Waals surface area contributed by atoms with Gasteiger partial charge in [-0.3, -0.25) is 9.69 Å². The fourth-order valence-electron chi connectivity index (χ4n) is 3.81. The Labute approximate surface area is 161 Å². The summed E-state index contributed by atoms with van der Waals surface area (Å²) in [4.78, 5) is 16.7. The second-order valence-corrected chi connectivity index (χ2v) is 7.30. The average Bonchev–Trinajstić information content (AvgIpc) is 3.12. The van der Waals surface area contributed by atoms with Crippen molar-refractivity contribution in [2.75, 3.05) is 40.3 Å². The molecule has 1 aliphatic heterocycles. The molecule has 0 radical (unpaired) electrons. The summed E-state index contributed by atoms with van der Waals surface area (Å²) < 4.78 is 5.18. The fraction of sp³-hybridized carbons (Fsp3) is 0.409. The van der Waals surface area contributed by atoms with Crippen molar-refractivity contribution in [1.29, 1.82) is 0 Å². The van der Waals surface area contributed by atoms with Crippen molar-refractivity contribution in [2.45, 2.75) is 12.5 Å². The van der Waals surface area contributed by atoms with Gasteiger partial charge in [-0.15, -0.1) is 0 Å². The summed E-state index contributed by atoms with van der Waals surface area (Å²) in [5.41, 5.74) is 8.41. The van der Waals surface area contributed by atoms with Gasteiger partial charge in [-0.2, -0.15) is 0 Å². The number of benzene rings is 2. The first-order valence-corrected chi connectivity index (χ1v) is 9.45. The molecular weight excluding hydrogens is 338 g/mol. The van der Waals surface area contributed by atoms with Crippen LogP contribution in [0.4, 0.5) is 0 Å². The minimum atomic E-state index is 0.135. The molecule has 0 unspecified atom stereocenters. The van der Waals surface area contributed by atoms with E-state index in [1.165, 1.54) is 5.56 Å². The second kappa shape index (κ2) is 9.02. The molecule has 1 heterocycles. The number of rotatable bonds is 7. The van der Waals surface area contributed by atoms with Crippen LogP contribution in [0.1, 0.15) is 17.0 Å². The lowest BCUT2D eigenvalue weighted by atomic mass is 9.89. The number of carbonyl (C=O) groups is 1. The van der Waals surface area contributed by atoms with E-state index >= 15 is 0 Å². The standard InChI is InChI=1S/C22H29N3O2/c1-24(13-17-8-10-20(27-2)11-9-17)22(26)16-25-14-19(12-23)21(15-25)18-6-4-3-5-7-18/h3-11,19,21H,12-16,23H2,1-2H3/t19-,21+/m1/s1. The first-order chi connectivity index (χ1) is 13.1. The summed E-state index contributed by atoms with van der Waals surface area (Å²) in [7, 11) is 3.51. The van der Waals surface area contributed by atoms with E-state index in [-0.39, 0.29) is 5.91 Å². The molecule has 0 saturated carbocycles. The summed E-state index contributed by atoms with van der Waals surface area (Å²) in [5.74, 6) is 1.75. The van der Waals surface area contributed by atoms with Crippen molar-refractivity contribution in [2.24, 2.45) is 11.7 Å². The highest BCUT2D eigenvalue weighted by molar-refractivity contribution is 5.78. The Morgan fingerprint density at radius 2 is 1.85 bits per heavy atom. The van der Waals surface area contributed by atoms with Crippen molar-refractivity contribution < 1.29 is 9.53 Å². The van der Waals surface area contributed by atoms with E-state index in [0.29, 0.717) is 31.5 Å². The molecule has 2 atom stereocenters. The lowest BCUT2D eigenvalue weighted by Crippen LogP contribution is -2.37. The maximum Gasteiger partial charge on any atom is 0.236 e. The molecule has 1 fully saturated rings. The number of ether oxygens (including phenoxy) is 1. The van der Waals surface area contributed by atoms with Crippen LogP contribution in [0.15, 0.2) is 54.6 Å². The van der Waals surface area contributed by atoms with E-state index in [2.05, 4.69) is 29.2 Å². The Hall–Kier alpha value is -2.37. The van der Waals surface area contributed by atoms with Crippen molar-refractivity contribution in [3.05, 3.63) is 65.7 Å². The highest BCUT2D eigenvalue weighted by Gasteiger charge is 2.33. The molecular formula is C22H29N3O2. The van der Waals surface area contributed by atoms with Gasteiger partial charge in [-0.05, 0) is 35.7 Å². The van der Waals surface area contributed by atoms with E-state index < -0.39 is 0 Å². The largest absolute Gasteiger partial charge is 0.497 e. The van der Waals surface area contributed by atoms with Gasteiger partial charge in [0.25, 0.3) is 0 Å². The molecule has 2 aromatic rings. The van der Waals surface area contributed by atoms with Crippen LogP contribution < -0.4 is 10.5 Å². The van der Waals surface area contributed by atoms with Crippen LogP contribution in [0.25, 0.3) is 0 Å². The lowest BCUT2D eigenvalue weighted by molar-refractivity contribution is -0.131. The number of carbonyl (C=O) groups excluding carboxylic acids is 1. The molecule has 144 valence electrons. The summed E-state index contributed by atoms with van der Waals surface area (Å²) >= 11 is 0. The molecule has 0 bridgehead atoms. The molecule has 0 aromatic heterocycles. The van der Waals surface area contributed by atoms with E-state index in [0.717, 1.165) is 24.4 Å². The average molecular weight is 367 g/mol. The van der Waals surface area contributed by atoms with Gasteiger partial charge in [0.05, 0.1) is 13.7 Å². The van der Waals surface area contributed by atoms with Crippen LogP contribution in [0.2, 0.25) is 0 Å². The molecule has 5 heteroatoms. The summed E-state index contributed by atoms with van der Waals surface area (Å²) in [6, 6.07) is 18.3. The number of hydrogen-bond acceptors (Lipinski definition) is 4. The smallest absolute Gasteiger partial charge is 0.236 e. The zero-order chi connectivity index (χ0) is 19.2. The van der Waals surface area contributed by atoms with E-state index in [1.807, 2.05) is 37.4 Å². The molecule has 1 aliphatic rings. The SMILES string of the molecule is COc1ccc(CN(C)C(=O)CN2C[C@@H](CN)[C@H](c3ccccc3)C2)cc1. The van der Waals surface area contributed by atoms with Crippen LogP contribution in [0, 0.1) is 5.92 Å². The zero-order valence-corrected chi connectivity index (χ0v) is 16.2. The van der Waals surface area contributed by atoms with Crippen molar-refractivity contribution in [3.63, 3.8) is 0 Å². The number of methoxy groups -OCH3 is 1. The number of hydrogen-bond donors (Lipinski definition) is 1. The van der Waals surface area contributed by atoms with Gasteiger partial charge in [0.15, 0.2) is 0 Å². The van der Waals surface area contributed by atoms with Crippen LogP contribution in [0.5, 0.6) is 5.75 Å². The van der Waals surface area contributed by atoms with Gasteiger partial charge in [-0.1, -0.05) is 42.5 Å². The first kappa shape index (κ1) is 19.4. The minimum Gasteiger partial charge on any atom is -0.497 e. The summed E-state index contributed by atoms with van der Waals surface area (Å²) in [6.07, 6.45) is 0. The lowest BCUT2D eigenvalue weighted by Gasteiger charge is -2.22. The third-order valence-corrected chi connectivity index (χ3v) is 5.41. The maximum atomic E-state index is 12.7. The number of likely N-dealkylation sites (N-methyl/N-ethyl adjacent to an activating group) is 1. The molecule has 0 spiro atoms. The van der Waals surface area contributed by atoms with E-state index in [9.17, 15) is 4.79 Å². The summed E-state index contributed by atoms with van der Waals surface area (Å²) in [6.45, 7) is 3.43.